The Kier molecular flexibility index (Phi) is 7.36. The van der Waals surface area contributed by atoms with Gasteiger partial charge in [-0.25, -0.2) is 13.2 Å². The molecular weight excluding hydrogens is 583 g/mol. The second kappa shape index (κ2) is 11.0. The third-order valence-electron chi connectivity index (χ3n) is 7.93. The van der Waals surface area contributed by atoms with Crippen LogP contribution in [0, 0.1) is 0 Å². The number of benzene rings is 3. The molecule has 0 spiro atoms. The Morgan fingerprint density at radius 2 is 1.80 bits per heavy atom. The molecule has 2 atom stereocenters. The highest BCUT2D eigenvalue weighted by Gasteiger charge is 2.60. The smallest absolute Gasteiger partial charge is 0.322 e. The average molecular weight is 610 g/mol. The third kappa shape index (κ3) is 4.81. The van der Waals surface area contributed by atoms with Crippen LogP contribution in [0.2, 0.25) is 10.0 Å². The summed E-state index contributed by atoms with van der Waals surface area (Å²) in [6.45, 7) is 0.453. The molecule has 2 heterocycles. The van der Waals surface area contributed by atoms with E-state index in [-0.39, 0.29) is 30.5 Å². The molecule has 210 valence electrons. The number of halogens is 2. The fourth-order valence-electron chi connectivity index (χ4n) is 6.03. The van der Waals surface area contributed by atoms with E-state index in [1.165, 1.54) is 12.4 Å². The number of likely N-dealkylation sites (tertiary alicyclic amines) is 1. The van der Waals surface area contributed by atoms with Crippen molar-refractivity contribution in [3.05, 3.63) is 112 Å². The summed E-state index contributed by atoms with van der Waals surface area (Å²) in [6, 6.07) is 19.9. The zero-order chi connectivity index (χ0) is 28.6. The molecule has 1 saturated heterocycles. The van der Waals surface area contributed by atoms with E-state index in [1.54, 1.807) is 65.6 Å². The number of aryl methyl sites for hydroxylation is 1. The van der Waals surface area contributed by atoms with Crippen molar-refractivity contribution in [1.29, 1.82) is 0 Å². The van der Waals surface area contributed by atoms with E-state index in [9.17, 15) is 13.2 Å². The SMILES string of the molecule is O=C(Nc1ccnnc1)N1CC[C@@]2(S(=O)(=O)c3ccccc3)c3ccc(OCc4c(Cl)cccc4Cl)cc3CC[C@@H]12. The zero-order valence-corrected chi connectivity index (χ0v) is 24.2. The Morgan fingerprint density at radius 3 is 2.54 bits per heavy atom. The molecule has 0 bridgehead atoms. The van der Waals surface area contributed by atoms with Gasteiger partial charge in [0.1, 0.15) is 17.1 Å². The van der Waals surface area contributed by atoms with Gasteiger partial charge in [0, 0.05) is 22.2 Å². The molecule has 2 amide bonds. The molecule has 0 saturated carbocycles. The van der Waals surface area contributed by atoms with E-state index in [0.29, 0.717) is 45.5 Å². The normalized spacial score (nSPS) is 19.8. The number of hydrogen-bond acceptors (Lipinski definition) is 6. The maximum absolute atomic E-state index is 14.5. The predicted octanol–water partition coefficient (Wildman–Crippen LogP) is 6.28. The summed E-state index contributed by atoms with van der Waals surface area (Å²) in [5, 5.41) is 11.4. The first-order valence-corrected chi connectivity index (χ1v) is 15.4. The van der Waals surface area contributed by atoms with Crippen LogP contribution in [0.15, 0.2) is 90.1 Å². The Balaban J connectivity index is 1.37. The number of aromatic nitrogens is 2. The number of urea groups is 1. The summed E-state index contributed by atoms with van der Waals surface area (Å²) in [6.07, 6.45) is 4.26. The van der Waals surface area contributed by atoms with Gasteiger partial charge in [-0.2, -0.15) is 10.2 Å². The van der Waals surface area contributed by atoms with Crippen molar-refractivity contribution in [1.82, 2.24) is 15.1 Å². The molecule has 0 radical (unpaired) electrons. The molecule has 1 N–H and O–H groups in total. The predicted molar refractivity (Wildman–Crippen MR) is 157 cm³/mol. The maximum Gasteiger partial charge on any atom is 0.322 e. The van der Waals surface area contributed by atoms with E-state index >= 15 is 0 Å². The van der Waals surface area contributed by atoms with E-state index in [0.717, 1.165) is 5.56 Å². The van der Waals surface area contributed by atoms with Crippen LogP contribution < -0.4 is 10.1 Å². The van der Waals surface area contributed by atoms with Crippen LogP contribution in [0.25, 0.3) is 0 Å². The monoisotopic (exact) mass is 608 g/mol. The second-order valence-corrected chi connectivity index (χ2v) is 13.1. The van der Waals surface area contributed by atoms with Gasteiger partial charge in [-0.15, -0.1) is 0 Å². The summed E-state index contributed by atoms with van der Waals surface area (Å²) in [5.74, 6) is 0.586. The van der Waals surface area contributed by atoms with Crippen molar-refractivity contribution in [3.8, 4) is 5.75 Å². The molecule has 6 rings (SSSR count). The van der Waals surface area contributed by atoms with E-state index in [1.807, 2.05) is 12.1 Å². The van der Waals surface area contributed by atoms with Crippen LogP contribution in [-0.2, 0) is 27.6 Å². The zero-order valence-electron chi connectivity index (χ0n) is 21.8. The van der Waals surface area contributed by atoms with Crippen molar-refractivity contribution < 1.29 is 17.9 Å². The summed E-state index contributed by atoms with van der Waals surface area (Å²) >= 11 is 12.6. The van der Waals surface area contributed by atoms with Gasteiger partial charge in [-0.3, -0.25) is 0 Å². The highest BCUT2D eigenvalue weighted by molar-refractivity contribution is 7.92. The third-order valence-corrected chi connectivity index (χ3v) is 11.2. The first kappa shape index (κ1) is 27.5. The molecule has 0 unspecified atom stereocenters. The number of hydrogen-bond donors (Lipinski definition) is 1. The molecule has 11 heteroatoms. The number of carbonyl (C=O) groups excluding carboxylic acids is 1. The minimum Gasteiger partial charge on any atom is -0.489 e. The molecule has 8 nitrogen and oxygen atoms in total. The summed E-state index contributed by atoms with van der Waals surface area (Å²) in [7, 11) is -3.91. The number of rotatable bonds is 6. The van der Waals surface area contributed by atoms with Gasteiger partial charge in [0.15, 0.2) is 9.84 Å². The number of nitrogens with one attached hydrogen (secondary N) is 1. The molecule has 1 aliphatic heterocycles. The molecule has 4 aromatic rings. The minimum atomic E-state index is -3.91. The number of ether oxygens (including phenoxy) is 1. The first-order valence-electron chi connectivity index (χ1n) is 13.1. The topological polar surface area (TPSA) is 101 Å². The van der Waals surface area contributed by atoms with E-state index in [4.69, 9.17) is 27.9 Å². The number of amides is 2. The van der Waals surface area contributed by atoms with Gasteiger partial charge in [0.05, 0.1) is 29.0 Å². The summed E-state index contributed by atoms with van der Waals surface area (Å²) in [4.78, 5) is 15.3. The fourth-order valence-corrected chi connectivity index (χ4v) is 8.93. The van der Waals surface area contributed by atoms with Crippen molar-refractivity contribution in [3.63, 3.8) is 0 Å². The number of anilines is 1. The molecular formula is C30H26Cl2N4O4S. The lowest BCUT2D eigenvalue weighted by Crippen LogP contribution is -2.52. The summed E-state index contributed by atoms with van der Waals surface area (Å²) < 4.78 is 33.8. The van der Waals surface area contributed by atoms with Gasteiger partial charge in [-0.05, 0) is 72.9 Å². The number of sulfone groups is 1. The lowest BCUT2D eigenvalue weighted by molar-refractivity contribution is 0.195. The molecule has 1 aliphatic carbocycles. The Morgan fingerprint density at radius 1 is 1.02 bits per heavy atom. The number of nitrogens with zero attached hydrogens (tertiary/aromatic N) is 3. The molecule has 2 aliphatic rings. The quantitative estimate of drug-likeness (QED) is 0.276. The molecule has 41 heavy (non-hydrogen) atoms. The van der Waals surface area contributed by atoms with Crippen molar-refractivity contribution >= 4 is 44.8 Å². The van der Waals surface area contributed by atoms with Crippen LogP contribution in [0.3, 0.4) is 0 Å². The van der Waals surface area contributed by atoms with Crippen molar-refractivity contribution in [2.45, 2.75) is 41.6 Å². The second-order valence-electron chi connectivity index (χ2n) is 10.1. The molecule has 1 fully saturated rings. The van der Waals surface area contributed by atoms with Gasteiger partial charge in [-0.1, -0.05) is 53.5 Å². The Labute approximate surface area is 248 Å². The lowest BCUT2D eigenvalue weighted by atomic mass is 9.78. The molecule has 1 aromatic heterocycles. The van der Waals surface area contributed by atoms with Crippen LogP contribution in [-0.4, -0.2) is 42.1 Å². The largest absolute Gasteiger partial charge is 0.489 e. The average Bonchev–Trinajstić information content (AvgIpc) is 3.40. The van der Waals surface area contributed by atoms with Gasteiger partial charge in [0.2, 0.25) is 0 Å². The van der Waals surface area contributed by atoms with Crippen LogP contribution in [0.1, 0.15) is 29.5 Å². The highest BCUT2D eigenvalue weighted by atomic mass is 35.5. The van der Waals surface area contributed by atoms with Crippen molar-refractivity contribution in [2.24, 2.45) is 0 Å². The lowest BCUT2D eigenvalue weighted by Gasteiger charge is -2.42. The van der Waals surface area contributed by atoms with Gasteiger partial charge < -0.3 is 15.0 Å². The maximum atomic E-state index is 14.5. The number of carbonyl (C=O) groups is 1. The minimum absolute atomic E-state index is 0.172. The number of fused-ring (bicyclic) bond motifs is 3. The van der Waals surface area contributed by atoms with Crippen LogP contribution in [0.4, 0.5) is 10.5 Å². The van der Waals surface area contributed by atoms with E-state index < -0.39 is 20.6 Å². The van der Waals surface area contributed by atoms with Crippen LogP contribution in [0.5, 0.6) is 5.75 Å². The molecule has 3 aromatic carbocycles. The standard InChI is InChI=1S/C30H26Cl2N4O4S/c31-26-7-4-8-27(32)24(26)19-40-22-10-11-25-20(17-22)9-12-28-30(25,41(38,39)23-5-2-1-3-6-23)14-16-36(28)29(37)35-21-13-15-33-34-18-21/h1-8,10-11,13,15,17-18,28H,9,12,14,16,19H2,(H,33,35,37)/t28-,30-/m1/s1. The highest BCUT2D eigenvalue weighted by Crippen LogP contribution is 2.53. The van der Waals surface area contributed by atoms with Gasteiger partial charge in [0.25, 0.3) is 0 Å². The Hall–Kier alpha value is -3.66. The van der Waals surface area contributed by atoms with Gasteiger partial charge >= 0.3 is 6.03 Å². The van der Waals surface area contributed by atoms with Crippen molar-refractivity contribution in [2.75, 3.05) is 11.9 Å². The van der Waals surface area contributed by atoms with E-state index in [2.05, 4.69) is 15.5 Å². The first-order chi connectivity index (χ1) is 19.8. The Bertz CT molecular complexity index is 1690. The fraction of sp³-hybridized carbons (Fsp3) is 0.233. The van der Waals surface area contributed by atoms with Crippen LogP contribution >= 0.6 is 23.2 Å². The summed E-state index contributed by atoms with van der Waals surface area (Å²) in [5.41, 5.74) is 2.74.